The number of nitrogens with one attached hydrogen (secondary N) is 1. The fourth-order valence-electron chi connectivity index (χ4n) is 2.23. The highest BCUT2D eigenvalue weighted by atomic mass is 79.9. The molecule has 0 aliphatic carbocycles. The average Bonchev–Trinajstić information content (AvgIpc) is 2.70. The van der Waals surface area contributed by atoms with Gasteiger partial charge < -0.3 is 4.74 Å². The fraction of sp³-hybridized carbons (Fsp3) is 0. The van der Waals surface area contributed by atoms with Crippen molar-refractivity contribution in [1.29, 1.82) is 0 Å². The molecular formula is C21H15BrN2O3. The Morgan fingerprint density at radius 3 is 2.26 bits per heavy atom. The van der Waals surface area contributed by atoms with Crippen LogP contribution in [0.15, 0.2) is 88.4 Å². The summed E-state index contributed by atoms with van der Waals surface area (Å²) in [7, 11) is 0. The Kier molecular flexibility index (Phi) is 6.12. The second-order valence-corrected chi connectivity index (χ2v) is 6.36. The number of esters is 1. The lowest BCUT2D eigenvalue weighted by molar-refractivity contribution is 0.0733. The normalized spacial score (nSPS) is 10.6. The molecule has 3 aromatic rings. The first-order chi connectivity index (χ1) is 13.1. The average molecular weight is 423 g/mol. The summed E-state index contributed by atoms with van der Waals surface area (Å²) in [5.41, 5.74) is 4.20. The molecule has 0 aromatic heterocycles. The van der Waals surface area contributed by atoms with E-state index in [1.54, 1.807) is 66.7 Å². The number of ether oxygens (including phenoxy) is 1. The molecule has 0 radical (unpaired) electrons. The molecule has 1 N–H and O–H groups in total. The van der Waals surface area contributed by atoms with Crippen molar-refractivity contribution in [2.24, 2.45) is 5.10 Å². The maximum atomic E-state index is 12.2. The molecule has 3 aromatic carbocycles. The van der Waals surface area contributed by atoms with Crippen LogP contribution >= 0.6 is 15.9 Å². The summed E-state index contributed by atoms with van der Waals surface area (Å²) in [6, 6.07) is 22.7. The zero-order chi connectivity index (χ0) is 19.1. The van der Waals surface area contributed by atoms with Crippen molar-refractivity contribution in [1.82, 2.24) is 5.43 Å². The summed E-state index contributed by atoms with van der Waals surface area (Å²) in [4.78, 5) is 24.1. The molecule has 3 rings (SSSR count). The van der Waals surface area contributed by atoms with Crippen molar-refractivity contribution in [2.75, 3.05) is 0 Å². The van der Waals surface area contributed by atoms with Gasteiger partial charge in [0.05, 0.1) is 11.8 Å². The van der Waals surface area contributed by atoms with Gasteiger partial charge in [0.1, 0.15) is 5.75 Å². The lowest BCUT2D eigenvalue weighted by Gasteiger charge is -2.06. The Balaban J connectivity index is 1.58. The number of halogens is 1. The predicted octanol–water partition coefficient (Wildman–Crippen LogP) is 4.43. The van der Waals surface area contributed by atoms with Gasteiger partial charge in [0.25, 0.3) is 5.91 Å². The number of hydrazone groups is 1. The third kappa shape index (κ3) is 5.12. The molecule has 0 saturated heterocycles. The molecule has 0 aliphatic rings. The number of nitrogens with zero attached hydrogens (tertiary/aromatic N) is 1. The number of hydrogen-bond acceptors (Lipinski definition) is 4. The van der Waals surface area contributed by atoms with E-state index in [9.17, 15) is 9.59 Å². The molecule has 1 amide bonds. The lowest BCUT2D eigenvalue weighted by Crippen LogP contribution is -2.17. The molecule has 27 heavy (non-hydrogen) atoms. The zero-order valence-corrected chi connectivity index (χ0v) is 15.7. The van der Waals surface area contributed by atoms with E-state index in [0.717, 1.165) is 5.56 Å². The minimum absolute atomic E-state index is 0.286. The molecule has 0 atom stereocenters. The second kappa shape index (κ2) is 8.91. The number of carbonyl (C=O) groups is 2. The fourth-order valence-corrected chi connectivity index (χ4v) is 2.68. The minimum Gasteiger partial charge on any atom is -0.423 e. The molecule has 5 nitrogen and oxygen atoms in total. The first-order valence-electron chi connectivity index (χ1n) is 8.09. The van der Waals surface area contributed by atoms with Crippen LogP contribution in [0.25, 0.3) is 0 Å². The van der Waals surface area contributed by atoms with Crippen molar-refractivity contribution >= 4 is 34.0 Å². The van der Waals surface area contributed by atoms with Gasteiger partial charge in [-0.1, -0.05) is 30.3 Å². The topological polar surface area (TPSA) is 67.8 Å². The van der Waals surface area contributed by atoms with Crippen LogP contribution in [0.4, 0.5) is 0 Å². The Bertz CT molecular complexity index is 970. The molecule has 134 valence electrons. The molecular weight excluding hydrogens is 408 g/mol. The van der Waals surface area contributed by atoms with Crippen LogP contribution < -0.4 is 10.2 Å². The minimum atomic E-state index is -0.445. The smallest absolute Gasteiger partial charge is 0.344 e. The maximum Gasteiger partial charge on any atom is 0.344 e. The Hall–Kier alpha value is -3.25. The van der Waals surface area contributed by atoms with E-state index in [1.807, 2.05) is 12.1 Å². The highest BCUT2D eigenvalue weighted by Crippen LogP contribution is 2.19. The van der Waals surface area contributed by atoms with Crippen LogP contribution in [-0.4, -0.2) is 18.1 Å². The number of carbonyl (C=O) groups excluding carboxylic acids is 2. The number of rotatable bonds is 5. The van der Waals surface area contributed by atoms with E-state index in [1.165, 1.54) is 6.21 Å². The summed E-state index contributed by atoms with van der Waals surface area (Å²) < 4.78 is 6.03. The quantitative estimate of drug-likeness (QED) is 0.286. The first-order valence-corrected chi connectivity index (χ1v) is 8.88. The van der Waals surface area contributed by atoms with E-state index in [4.69, 9.17) is 4.74 Å². The summed E-state index contributed by atoms with van der Waals surface area (Å²) in [6.45, 7) is 0. The van der Waals surface area contributed by atoms with Crippen LogP contribution in [0.1, 0.15) is 26.3 Å². The van der Waals surface area contributed by atoms with Crippen molar-refractivity contribution in [2.45, 2.75) is 0 Å². The second-order valence-electron chi connectivity index (χ2n) is 5.50. The van der Waals surface area contributed by atoms with Crippen LogP contribution in [0.5, 0.6) is 5.75 Å². The summed E-state index contributed by atoms with van der Waals surface area (Å²) in [5.74, 6) is -0.314. The number of benzene rings is 3. The molecule has 0 heterocycles. The van der Waals surface area contributed by atoms with Crippen molar-refractivity contribution in [3.05, 3.63) is 100 Å². The monoisotopic (exact) mass is 422 g/mol. The van der Waals surface area contributed by atoms with Crippen molar-refractivity contribution < 1.29 is 14.3 Å². The lowest BCUT2D eigenvalue weighted by atomic mass is 10.2. The van der Waals surface area contributed by atoms with Crippen LogP contribution in [0.3, 0.4) is 0 Å². The first kappa shape index (κ1) is 18.5. The molecule has 0 fully saturated rings. The van der Waals surface area contributed by atoms with Crippen molar-refractivity contribution in [3.8, 4) is 5.75 Å². The highest BCUT2D eigenvalue weighted by Gasteiger charge is 2.11. The summed E-state index contributed by atoms with van der Waals surface area (Å²) in [5, 5.41) is 3.93. The van der Waals surface area contributed by atoms with E-state index in [-0.39, 0.29) is 5.91 Å². The molecule has 0 aliphatic heterocycles. The predicted molar refractivity (Wildman–Crippen MR) is 107 cm³/mol. The molecule has 0 unspecified atom stereocenters. The van der Waals surface area contributed by atoms with Gasteiger partial charge >= 0.3 is 5.97 Å². The van der Waals surface area contributed by atoms with Crippen molar-refractivity contribution in [3.63, 3.8) is 0 Å². The SMILES string of the molecule is O=C(N/N=C/c1ccc(OC(=O)c2ccccc2Br)cc1)c1ccccc1. The van der Waals surface area contributed by atoms with Gasteiger partial charge in [-0.2, -0.15) is 5.10 Å². The largest absolute Gasteiger partial charge is 0.423 e. The van der Waals surface area contributed by atoms with Gasteiger partial charge in [-0.25, -0.2) is 10.2 Å². The highest BCUT2D eigenvalue weighted by molar-refractivity contribution is 9.10. The summed E-state index contributed by atoms with van der Waals surface area (Å²) >= 11 is 3.33. The Labute approximate surface area is 164 Å². The summed E-state index contributed by atoms with van der Waals surface area (Å²) in [6.07, 6.45) is 1.51. The van der Waals surface area contributed by atoms with Crippen LogP contribution in [-0.2, 0) is 0 Å². The molecule has 0 spiro atoms. The van der Waals surface area contributed by atoms with Gasteiger partial charge in [0.15, 0.2) is 0 Å². The zero-order valence-electron chi connectivity index (χ0n) is 14.1. The van der Waals surface area contributed by atoms with Gasteiger partial charge in [-0.15, -0.1) is 0 Å². The number of hydrogen-bond donors (Lipinski definition) is 1. The molecule has 6 heteroatoms. The van der Waals surface area contributed by atoms with E-state index >= 15 is 0 Å². The third-order valence-electron chi connectivity index (χ3n) is 3.60. The molecule has 0 saturated carbocycles. The van der Waals surface area contributed by atoms with Crippen LogP contribution in [0, 0.1) is 0 Å². The third-order valence-corrected chi connectivity index (χ3v) is 4.29. The van der Waals surface area contributed by atoms with Gasteiger partial charge in [0.2, 0.25) is 0 Å². The van der Waals surface area contributed by atoms with E-state index in [2.05, 4.69) is 26.5 Å². The van der Waals surface area contributed by atoms with E-state index in [0.29, 0.717) is 21.3 Å². The van der Waals surface area contributed by atoms with Gasteiger partial charge in [0, 0.05) is 10.0 Å². The van der Waals surface area contributed by atoms with Crippen LogP contribution in [0.2, 0.25) is 0 Å². The Morgan fingerprint density at radius 1 is 0.889 bits per heavy atom. The number of amides is 1. The van der Waals surface area contributed by atoms with Gasteiger partial charge in [-0.3, -0.25) is 4.79 Å². The standard InChI is InChI=1S/C21H15BrN2O3/c22-19-9-5-4-8-18(19)21(26)27-17-12-10-15(11-13-17)14-23-24-20(25)16-6-2-1-3-7-16/h1-14H,(H,24,25)/b23-14+. The molecule has 0 bridgehead atoms. The maximum absolute atomic E-state index is 12.2. The Morgan fingerprint density at radius 2 is 1.56 bits per heavy atom. The van der Waals surface area contributed by atoms with Gasteiger partial charge in [-0.05, 0) is 70.0 Å². The van der Waals surface area contributed by atoms with E-state index < -0.39 is 5.97 Å².